The highest BCUT2D eigenvalue weighted by molar-refractivity contribution is 5.81. The standard InChI is InChI=1S/C22H34FN3O/c1-24-12-4-3-8-21(24)22(27)25(2)17-19-10-14-26(15-11-19)13-9-18-6-5-7-20(23)16-18/h5-7,16,19,21H,3-4,8-15,17H2,1-2H3/t21-/m0/s1. The molecule has 2 heterocycles. The third-order valence-electron chi connectivity index (χ3n) is 6.28. The van der Waals surface area contributed by atoms with Crippen LogP contribution in [0.5, 0.6) is 0 Å². The molecule has 2 aliphatic rings. The van der Waals surface area contributed by atoms with Gasteiger partial charge in [0.25, 0.3) is 0 Å². The van der Waals surface area contributed by atoms with Crippen molar-refractivity contribution in [3.05, 3.63) is 35.6 Å². The van der Waals surface area contributed by atoms with Crippen molar-refractivity contribution in [1.29, 1.82) is 0 Å². The van der Waals surface area contributed by atoms with Gasteiger partial charge in [-0.1, -0.05) is 18.6 Å². The lowest BCUT2D eigenvalue weighted by molar-refractivity contribution is -0.137. The van der Waals surface area contributed by atoms with Gasteiger partial charge in [-0.25, -0.2) is 4.39 Å². The maximum absolute atomic E-state index is 13.3. The van der Waals surface area contributed by atoms with Gasteiger partial charge in [-0.15, -0.1) is 0 Å². The Morgan fingerprint density at radius 2 is 1.96 bits per heavy atom. The van der Waals surface area contributed by atoms with E-state index in [0.29, 0.717) is 11.8 Å². The van der Waals surface area contributed by atoms with Crippen LogP contribution in [0.4, 0.5) is 4.39 Å². The molecule has 1 atom stereocenters. The first kappa shape index (κ1) is 20.3. The number of benzene rings is 1. The van der Waals surface area contributed by atoms with E-state index < -0.39 is 0 Å². The summed E-state index contributed by atoms with van der Waals surface area (Å²) in [5.41, 5.74) is 1.07. The van der Waals surface area contributed by atoms with E-state index in [1.165, 1.54) is 12.5 Å². The Balaban J connectivity index is 1.39. The topological polar surface area (TPSA) is 26.8 Å². The number of hydrogen-bond donors (Lipinski definition) is 0. The van der Waals surface area contributed by atoms with Gasteiger partial charge in [0.2, 0.25) is 5.91 Å². The van der Waals surface area contributed by atoms with E-state index in [4.69, 9.17) is 0 Å². The minimum Gasteiger partial charge on any atom is -0.344 e. The molecule has 27 heavy (non-hydrogen) atoms. The largest absolute Gasteiger partial charge is 0.344 e. The highest BCUT2D eigenvalue weighted by atomic mass is 19.1. The molecule has 0 saturated carbocycles. The normalized spacial score (nSPS) is 22.7. The second kappa shape index (κ2) is 9.65. The Morgan fingerprint density at radius 3 is 2.67 bits per heavy atom. The van der Waals surface area contributed by atoms with Gasteiger partial charge in [-0.05, 0) is 82.4 Å². The van der Waals surface area contributed by atoms with Crippen LogP contribution in [0.3, 0.4) is 0 Å². The van der Waals surface area contributed by atoms with Crippen LogP contribution in [0.15, 0.2) is 24.3 Å². The Labute approximate surface area is 163 Å². The quantitative estimate of drug-likeness (QED) is 0.765. The zero-order chi connectivity index (χ0) is 19.2. The average molecular weight is 376 g/mol. The molecule has 0 radical (unpaired) electrons. The number of piperidine rings is 2. The number of rotatable bonds is 6. The third-order valence-corrected chi connectivity index (χ3v) is 6.28. The van der Waals surface area contributed by atoms with Gasteiger partial charge in [0, 0.05) is 20.1 Å². The van der Waals surface area contributed by atoms with Crippen molar-refractivity contribution in [2.75, 3.05) is 46.8 Å². The molecule has 4 nitrogen and oxygen atoms in total. The SMILES string of the molecule is CN(CC1CCN(CCc2cccc(F)c2)CC1)C(=O)[C@@H]1CCCCN1C. The van der Waals surface area contributed by atoms with E-state index in [1.54, 1.807) is 12.1 Å². The van der Waals surface area contributed by atoms with Gasteiger partial charge in [-0.2, -0.15) is 0 Å². The lowest BCUT2D eigenvalue weighted by Crippen LogP contribution is -2.49. The molecule has 0 spiro atoms. The molecular formula is C22H34FN3O. The first-order chi connectivity index (χ1) is 13.0. The third kappa shape index (κ3) is 5.76. The van der Waals surface area contributed by atoms with Gasteiger partial charge >= 0.3 is 0 Å². The molecular weight excluding hydrogens is 341 g/mol. The summed E-state index contributed by atoms with van der Waals surface area (Å²) in [5, 5.41) is 0. The molecule has 0 N–H and O–H groups in total. The number of carbonyl (C=O) groups excluding carboxylic acids is 1. The molecule has 150 valence electrons. The van der Waals surface area contributed by atoms with E-state index in [9.17, 15) is 9.18 Å². The van der Waals surface area contributed by atoms with Crippen LogP contribution >= 0.6 is 0 Å². The van der Waals surface area contributed by atoms with Crippen molar-refractivity contribution in [2.24, 2.45) is 5.92 Å². The van der Waals surface area contributed by atoms with Crippen LogP contribution in [-0.2, 0) is 11.2 Å². The maximum Gasteiger partial charge on any atom is 0.239 e. The Morgan fingerprint density at radius 1 is 1.19 bits per heavy atom. The Hall–Kier alpha value is -1.46. The number of halogens is 1. The van der Waals surface area contributed by atoms with Crippen LogP contribution in [0, 0.1) is 11.7 Å². The van der Waals surface area contributed by atoms with E-state index in [1.807, 2.05) is 18.0 Å². The van der Waals surface area contributed by atoms with E-state index in [0.717, 1.165) is 70.4 Å². The lowest BCUT2D eigenvalue weighted by atomic mass is 9.95. The summed E-state index contributed by atoms with van der Waals surface area (Å²) in [6.45, 7) is 5.04. The first-order valence-corrected chi connectivity index (χ1v) is 10.4. The van der Waals surface area contributed by atoms with Crippen molar-refractivity contribution in [3.63, 3.8) is 0 Å². The molecule has 0 unspecified atom stereocenters. The molecule has 1 aromatic carbocycles. The summed E-state index contributed by atoms with van der Waals surface area (Å²) < 4.78 is 13.3. The molecule has 1 amide bonds. The highest BCUT2D eigenvalue weighted by Gasteiger charge is 2.30. The second-order valence-electron chi connectivity index (χ2n) is 8.38. The van der Waals surface area contributed by atoms with Gasteiger partial charge in [0.1, 0.15) is 5.82 Å². The molecule has 3 rings (SSSR count). The van der Waals surface area contributed by atoms with Gasteiger partial charge < -0.3 is 9.80 Å². The second-order valence-corrected chi connectivity index (χ2v) is 8.38. The van der Waals surface area contributed by atoms with E-state index >= 15 is 0 Å². The Bertz CT molecular complexity index is 615. The molecule has 0 aromatic heterocycles. The fraction of sp³-hybridized carbons (Fsp3) is 0.682. The fourth-order valence-corrected chi connectivity index (χ4v) is 4.49. The van der Waals surface area contributed by atoms with E-state index in [-0.39, 0.29) is 11.9 Å². The van der Waals surface area contributed by atoms with Gasteiger partial charge in [0.15, 0.2) is 0 Å². The number of hydrogen-bond acceptors (Lipinski definition) is 3. The van der Waals surface area contributed by atoms with Crippen LogP contribution in [0.25, 0.3) is 0 Å². The van der Waals surface area contributed by atoms with Crippen molar-refractivity contribution in [2.45, 2.75) is 44.6 Å². The van der Waals surface area contributed by atoms with Crippen LogP contribution in [-0.4, -0.2) is 73.5 Å². The summed E-state index contributed by atoms with van der Waals surface area (Å²) in [7, 11) is 4.05. The molecule has 0 aliphatic carbocycles. The summed E-state index contributed by atoms with van der Waals surface area (Å²) in [5.74, 6) is 0.742. The van der Waals surface area contributed by atoms with Crippen LogP contribution in [0.2, 0.25) is 0 Å². The molecule has 2 saturated heterocycles. The van der Waals surface area contributed by atoms with Crippen molar-refractivity contribution in [3.8, 4) is 0 Å². The molecule has 5 heteroatoms. The predicted octanol–water partition coefficient (Wildman–Crippen LogP) is 3.02. The Kier molecular flexibility index (Phi) is 7.25. The molecule has 1 aromatic rings. The molecule has 0 bridgehead atoms. The number of carbonyl (C=O) groups is 1. The highest BCUT2D eigenvalue weighted by Crippen LogP contribution is 2.21. The minimum absolute atomic E-state index is 0.0788. The summed E-state index contributed by atoms with van der Waals surface area (Å²) >= 11 is 0. The summed E-state index contributed by atoms with van der Waals surface area (Å²) in [4.78, 5) is 19.4. The van der Waals surface area contributed by atoms with Gasteiger partial charge in [0.05, 0.1) is 6.04 Å². The first-order valence-electron chi connectivity index (χ1n) is 10.4. The monoisotopic (exact) mass is 375 g/mol. The predicted molar refractivity (Wildman–Crippen MR) is 107 cm³/mol. The van der Waals surface area contributed by atoms with Gasteiger partial charge in [-0.3, -0.25) is 9.69 Å². The maximum atomic E-state index is 13.3. The molecule has 2 fully saturated rings. The molecule has 2 aliphatic heterocycles. The number of nitrogens with zero attached hydrogens (tertiary/aromatic N) is 3. The lowest BCUT2D eigenvalue weighted by Gasteiger charge is -2.37. The van der Waals surface area contributed by atoms with Crippen molar-refractivity contribution in [1.82, 2.24) is 14.7 Å². The number of amides is 1. The minimum atomic E-state index is -0.150. The van der Waals surface area contributed by atoms with E-state index in [2.05, 4.69) is 16.8 Å². The summed E-state index contributed by atoms with van der Waals surface area (Å²) in [6, 6.07) is 7.00. The average Bonchev–Trinajstić information content (AvgIpc) is 2.67. The summed E-state index contributed by atoms with van der Waals surface area (Å²) in [6.07, 6.45) is 6.55. The zero-order valence-electron chi connectivity index (χ0n) is 16.9. The van der Waals surface area contributed by atoms with Crippen LogP contribution < -0.4 is 0 Å². The van der Waals surface area contributed by atoms with Crippen LogP contribution in [0.1, 0.15) is 37.7 Å². The number of likely N-dealkylation sites (tertiary alicyclic amines) is 2. The zero-order valence-corrected chi connectivity index (χ0v) is 16.9. The number of likely N-dealkylation sites (N-methyl/N-ethyl adjacent to an activating group) is 2. The fourth-order valence-electron chi connectivity index (χ4n) is 4.49. The smallest absolute Gasteiger partial charge is 0.239 e. The van der Waals surface area contributed by atoms with Crippen molar-refractivity contribution >= 4 is 5.91 Å². The van der Waals surface area contributed by atoms with Crippen molar-refractivity contribution < 1.29 is 9.18 Å².